The summed E-state index contributed by atoms with van der Waals surface area (Å²) in [6, 6.07) is 26.5. The Morgan fingerprint density at radius 3 is 1.88 bits per heavy atom. The van der Waals surface area contributed by atoms with Crippen molar-refractivity contribution in [3.63, 3.8) is 0 Å². The number of allylic oxidation sites excluding steroid dienone is 1. The molecule has 0 amide bonds. The SMILES string of the molecule is C1=Cc2cc(Cc3ccccc3)c(Cc3ccccc3)cc2CC1. The minimum Gasteiger partial charge on any atom is -0.0836 e. The van der Waals surface area contributed by atoms with E-state index in [9.17, 15) is 0 Å². The largest absolute Gasteiger partial charge is 0.0836 e. The Morgan fingerprint density at radius 2 is 1.25 bits per heavy atom. The van der Waals surface area contributed by atoms with E-state index in [1.165, 1.54) is 39.8 Å². The van der Waals surface area contributed by atoms with Crippen LogP contribution < -0.4 is 0 Å². The second-order valence-corrected chi connectivity index (χ2v) is 6.59. The van der Waals surface area contributed by atoms with Crippen molar-refractivity contribution in [3.05, 3.63) is 112 Å². The molecule has 4 rings (SSSR count). The predicted molar refractivity (Wildman–Crippen MR) is 102 cm³/mol. The van der Waals surface area contributed by atoms with Gasteiger partial charge in [-0.05, 0) is 59.1 Å². The first-order valence-corrected chi connectivity index (χ1v) is 8.77. The van der Waals surface area contributed by atoms with Crippen LogP contribution >= 0.6 is 0 Å². The number of rotatable bonds is 4. The Kier molecular flexibility index (Phi) is 4.29. The number of aryl methyl sites for hydroxylation is 1. The van der Waals surface area contributed by atoms with Crippen LogP contribution in [0.15, 0.2) is 78.9 Å². The Labute approximate surface area is 144 Å². The zero-order chi connectivity index (χ0) is 16.2. The predicted octanol–water partition coefficient (Wildman–Crippen LogP) is 5.83. The molecule has 0 radical (unpaired) electrons. The Bertz CT molecular complexity index is 842. The standard InChI is InChI=1S/C24H22/c1-3-9-19(10-4-1)15-23-17-21-13-7-8-14-22(21)18-24(23)16-20-11-5-2-6-12-20/h1-7,9-13,17-18H,8,14-16H2. The van der Waals surface area contributed by atoms with Gasteiger partial charge in [0, 0.05) is 0 Å². The van der Waals surface area contributed by atoms with E-state index in [1.54, 1.807) is 0 Å². The Hall–Kier alpha value is -2.60. The molecule has 0 N–H and O–H groups in total. The summed E-state index contributed by atoms with van der Waals surface area (Å²) in [6.45, 7) is 0. The van der Waals surface area contributed by atoms with E-state index in [-0.39, 0.29) is 0 Å². The molecule has 24 heavy (non-hydrogen) atoms. The smallest absolute Gasteiger partial charge is 0.00227 e. The molecule has 0 fully saturated rings. The van der Waals surface area contributed by atoms with E-state index in [0.29, 0.717) is 0 Å². The van der Waals surface area contributed by atoms with Crippen LogP contribution in [0.25, 0.3) is 6.08 Å². The summed E-state index contributed by atoms with van der Waals surface area (Å²) in [6.07, 6.45) is 8.93. The zero-order valence-electron chi connectivity index (χ0n) is 13.9. The molecule has 0 nitrogen and oxygen atoms in total. The highest BCUT2D eigenvalue weighted by Crippen LogP contribution is 2.27. The highest BCUT2D eigenvalue weighted by atomic mass is 14.2. The van der Waals surface area contributed by atoms with Crippen molar-refractivity contribution in [1.29, 1.82) is 0 Å². The molecule has 3 aromatic rings. The van der Waals surface area contributed by atoms with E-state index >= 15 is 0 Å². The monoisotopic (exact) mass is 310 g/mol. The Morgan fingerprint density at radius 1 is 0.667 bits per heavy atom. The first kappa shape index (κ1) is 15.0. The van der Waals surface area contributed by atoms with Crippen LogP contribution in [0, 0.1) is 0 Å². The van der Waals surface area contributed by atoms with Gasteiger partial charge < -0.3 is 0 Å². The van der Waals surface area contributed by atoms with Gasteiger partial charge in [0.05, 0.1) is 0 Å². The van der Waals surface area contributed by atoms with Gasteiger partial charge in [-0.2, -0.15) is 0 Å². The minimum absolute atomic E-state index is 1.00. The molecule has 0 atom stereocenters. The van der Waals surface area contributed by atoms with Crippen molar-refractivity contribution in [2.24, 2.45) is 0 Å². The second kappa shape index (κ2) is 6.88. The lowest BCUT2D eigenvalue weighted by Crippen LogP contribution is -2.03. The van der Waals surface area contributed by atoms with E-state index in [2.05, 4.69) is 84.9 Å². The van der Waals surface area contributed by atoms with Gasteiger partial charge in [-0.15, -0.1) is 0 Å². The topological polar surface area (TPSA) is 0 Å². The zero-order valence-corrected chi connectivity index (χ0v) is 13.9. The van der Waals surface area contributed by atoms with Crippen LogP contribution in [0.1, 0.15) is 39.8 Å². The van der Waals surface area contributed by atoms with Crippen LogP contribution in [-0.2, 0) is 19.3 Å². The number of hydrogen-bond acceptors (Lipinski definition) is 0. The van der Waals surface area contributed by atoms with Gasteiger partial charge in [-0.1, -0.05) is 84.9 Å². The van der Waals surface area contributed by atoms with Gasteiger partial charge in [0.1, 0.15) is 0 Å². The first-order chi connectivity index (χ1) is 11.9. The molecule has 0 heterocycles. The summed E-state index contributed by atoms with van der Waals surface area (Å²) in [5.74, 6) is 0. The summed E-state index contributed by atoms with van der Waals surface area (Å²) in [4.78, 5) is 0. The fourth-order valence-electron chi connectivity index (χ4n) is 3.54. The lowest BCUT2D eigenvalue weighted by molar-refractivity contribution is 0.967. The van der Waals surface area contributed by atoms with E-state index in [1.807, 2.05) is 0 Å². The van der Waals surface area contributed by atoms with Gasteiger partial charge in [0.25, 0.3) is 0 Å². The van der Waals surface area contributed by atoms with E-state index in [4.69, 9.17) is 0 Å². The first-order valence-electron chi connectivity index (χ1n) is 8.77. The summed E-state index contributed by atoms with van der Waals surface area (Å²) < 4.78 is 0. The quantitative estimate of drug-likeness (QED) is 0.569. The molecule has 0 saturated carbocycles. The van der Waals surface area contributed by atoms with E-state index < -0.39 is 0 Å². The molecule has 118 valence electrons. The third kappa shape index (κ3) is 3.33. The van der Waals surface area contributed by atoms with Crippen LogP contribution in [0.5, 0.6) is 0 Å². The number of fused-ring (bicyclic) bond motifs is 1. The van der Waals surface area contributed by atoms with Crippen LogP contribution in [0.4, 0.5) is 0 Å². The van der Waals surface area contributed by atoms with Gasteiger partial charge in [0.2, 0.25) is 0 Å². The number of hydrogen-bond donors (Lipinski definition) is 0. The van der Waals surface area contributed by atoms with Gasteiger partial charge in [-0.25, -0.2) is 0 Å². The highest BCUT2D eigenvalue weighted by Gasteiger charge is 2.12. The fraction of sp³-hybridized carbons (Fsp3) is 0.167. The molecule has 0 bridgehead atoms. The van der Waals surface area contributed by atoms with Crippen molar-refractivity contribution in [1.82, 2.24) is 0 Å². The third-order valence-corrected chi connectivity index (χ3v) is 4.81. The molecule has 0 heteroatoms. The average molecular weight is 310 g/mol. The van der Waals surface area contributed by atoms with Crippen molar-refractivity contribution in [3.8, 4) is 0 Å². The van der Waals surface area contributed by atoms with Gasteiger partial charge in [0.15, 0.2) is 0 Å². The number of benzene rings is 3. The van der Waals surface area contributed by atoms with Crippen LogP contribution in [-0.4, -0.2) is 0 Å². The lowest BCUT2D eigenvalue weighted by atomic mass is 9.87. The maximum absolute atomic E-state index is 2.45. The van der Waals surface area contributed by atoms with Crippen molar-refractivity contribution >= 4 is 6.08 Å². The summed E-state index contributed by atoms with van der Waals surface area (Å²) in [5.41, 5.74) is 8.60. The molecular weight excluding hydrogens is 288 g/mol. The maximum atomic E-state index is 2.45. The average Bonchev–Trinajstić information content (AvgIpc) is 2.64. The second-order valence-electron chi connectivity index (χ2n) is 6.59. The summed E-state index contributed by atoms with van der Waals surface area (Å²) in [7, 11) is 0. The van der Waals surface area contributed by atoms with Gasteiger partial charge >= 0.3 is 0 Å². The van der Waals surface area contributed by atoms with Crippen molar-refractivity contribution in [2.75, 3.05) is 0 Å². The van der Waals surface area contributed by atoms with Gasteiger partial charge in [-0.3, -0.25) is 0 Å². The van der Waals surface area contributed by atoms with Crippen LogP contribution in [0.3, 0.4) is 0 Å². The fourth-order valence-corrected chi connectivity index (χ4v) is 3.54. The molecule has 1 aliphatic carbocycles. The third-order valence-electron chi connectivity index (χ3n) is 4.81. The molecular formula is C24H22. The minimum atomic E-state index is 1.00. The maximum Gasteiger partial charge on any atom is -0.00227 e. The Balaban J connectivity index is 1.73. The molecule has 1 aliphatic rings. The van der Waals surface area contributed by atoms with Crippen LogP contribution in [0.2, 0.25) is 0 Å². The molecule has 0 saturated heterocycles. The summed E-state index contributed by atoms with van der Waals surface area (Å²) in [5, 5.41) is 0. The van der Waals surface area contributed by atoms with Crippen molar-refractivity contribution in [2.45, 2.75) is 25.7 Å². The lowest BCUT2D eigenvalue weighted by Gasteiger charge is -2.17. The molecule has 0 aromatic heterocycles. The highest BCUT2D eigenvalue weighted by molar-refractivity contribution is 5.59. The van der Waals surface area contributed by atoms with E-state index in [0.717, 1.165) is 19.3 Å². The normalized spacial score (nSPS) is 12.8. The summed E-state index contributed by atoms with van der Waals surface area (Å²) >= 11 is 0. The van der Waals surface area contributed by atoms with Crippen molar-refractivity contribution < 1.29 is 0 Å². The molecule has 0 unspecified atom stereocenters. The molecule has 3 aromatic carbocycles. The molecule has 0 spiro atoms. The molecule has 0 aliphatic heterocycles.